The lowest BCUT2D eigenvalue weighted by molar-refractivity contribution is -0.140. The van der Waals surface area contributed by atoms with Gasteiger partial charge in [0.25, 0.3) is 29.5 Å². The van der Waals surface area contributed by atoms with Crippen molar-refractivity contribution in [3.63, 3.8) is 0 Å². The number of carbonyl (C=O) groups excluding carboxylic acids is 10. The van der Waals surface area contributed by atoms with Crippen LogP contribution in [-0.4, -0.2) is 145 Å². The van der Waals surface area contributed by atoms with Crippen LogP contribution in [0.5, 0.6) is 0 Å². The zero-order valence-electron chi connectivity index (χ0n) is 71.4. The van der Waals surface area contributed by atoms with Crippen molar-refractivity contribution < 1.29 is 47.9 Å². The van der Waals surface area contributed by atoms with Crippen molar-refractivity contribution in [2.45, 2.75) is 204 Å². The fraction of sp³-hybridized carbons (Fsp3) is 0.566. The van der Waals surface area contributed by atoms with Gasteiger partial charge in [0, 0.05) is 27.8 Å². The summed E-state index contributed by atoms with van der Waals surface area (Å²) in [5.74, 6) is 9.08. The van der Waals surface area contributed by atoms with Gasteiger partial charge in [-0.1, -0.05) is 172 Å². The number of ketones is 5. The van der Waals surface area contributed by atoms with E-state index in [-0.39, 0.29) is 91.2 Å². The van der Waals surface area contributed by atoms with Gasteiger partial charge in [0.2, 0.25) is 0 Å². The molecular formula is C99H120N10O10. The summed E-state index contributed by atoms with van der Waals surface area (Å²) in [7, 11) is 0. The topological polar surface area (TPSA) is 249 Å². The average molecular weight is 1610 g/mol. The number of hydrogen-bond donors (Lipinski definition) is 0. The summed E-state index contributed by atoms with van der Waals surface area (Å²) in [4.78, 5) is 128. The Kier molecular flexibility index (Phi) is 23.1. The number of hydrogen-bond acceptors (Lipinski definition) is 15. The van der Waals surface area contributed by atoms with Gasteiger partial charge in [-0.15, -0.1) is 0 Å². The number of amides is 5. The SMILES string of the molecule is CC1=NN(CC(=O)C2=CC=CC2)C(=O)[C@]1(C)C1CC2CCC1C2.CC1=NN(CC(=O)c2ccccc2)C(=O)C1(C)[C@@H]1CC2CCC1C2.CC1=NN(CC(=O)c2ccccc2)C(=O)C1(C)[C@H]1CC2CCC1C2.CC1=NN(CC(=O)c2ccccc2)C(=O)[C@@]1(C)C1CC2CCC1C2.CC1=NN(CC(=O)c2ccccc2)C(=O)[C@]1(C)C1CC2CCC1C2. The fourth-order valence-corrected chi connectivity index (χ4v) is 25.5. The molecular weight excluding hydrogens is 1490 g/mol. The van der Waals surface area contributed by atoms with Gasteiger partial charge in [-0.2, -0.15) is 25.5 Å². The van der Waals surface area contributed by atoms with E-state index in [1.165, 1.54) is 121 Å². The van der Waals surface area contributed by atoms with E-state index in [0.717, 1.165) is 95.8 Å². The Morgan fingerprint density at radius 2 is 0.496 bits per heavy atom. The molecule has 119 heavy (non-hydrogen) atoms. The standard InChI is InChI=1S/4C20H24N2O2.C19H24N2O2/c4*1-13-20(2,17-11-14-8-9-16(17)10-14)19(24)22(21-13)12-18(23)15-6-4-3-5-7-15;1-12-19(2,16-10-13-7-8-15(16)9-13)18(23)21(20-12)11-17(22)14-5-3-4-6-14/h4*3-7,14,16-17H,8-12H2,1-2H3;3-5,13,15-16H,6-11H2,1-2H3/t2*14?,16?,17?,20-;2*14?,16?,17-,20?;13?,15?,16?,19-/m10100/s1. The lowest BCUT2D eigenvalue weighted by Crippen LogP contribution is -2.45. The first-order valence-electron chi connectivity index (χ1n) is 44.6. The second-order valence-electron chi connectivity index (χ2n) is 39.1. The maximum atomic E-state index is 13.1. The highest BCUT2D eigenvalue weighted by Gasteiger charge is 2.63. The Bertz CT molecular complexity index is 4420. The first-order valence-corrected chi connectivity index (χ1v) is 44.6. The quantitative estimate of drug-likeness (QED) is 0.0757. The predicted octanol–water partition coefficient (Wildman–Crippen LogP) is 17.2. The lowest BCUT2D eigenvalue weighted by atomic mass is 9.66. The molecule has 10 fully saturated rings. The minimum absolute atomic E-state index is 0.0112. The van der Waals surface area contributed by atoms with E-state index in [1.807, 2.05) is 153 Å². The van der Waals surface area contributed by atoms with Gasteiger partial charge < -0.3 is 0 Å². The van der Waals surface area contributed by atoms with Crippen molar-refractivity contribution in [1.82, 2.24) is 25.0 Å². The van der Waals surface area contributed by atoms with Gasteiger partial charge in [-0.3, -0.25) is 47.9 Å². The van der Waals surface area contributed by atoms with Crippen LogP contribution in [0.2, 0.25) is 0 Å². The third-order valence-corrected chi connectivity index (χ3v) is 32.9. The van der Waals surface area contributed by atoms with E-state index in [2.05, 4.69) is 32.4 Å². The van der Waals surface area contributed by atoms with E-state index < -0.39 is 27.1 Å². The lowest BCUT2D eigenvalue weighted by Gasteiger charge is -2.35. The number of carbonyl (C=O) groups is 10. The van der Waals surface area contributed by atoms with Crippen molar-refractivity contribution in [3.05, 3.63) is 167 Å². The highest BCUT2D eigenvalue weighted by atomic mass is 16.2. The molecule has 10 bridgehead atoms. The summed E-state index contributed by atoms with van der Waals surface area (Å²) in [6.07, 6.45) is 31.3. The van der Waals surface area contributed by atoms with Crippen LogP contribution in [-0.2, 0) is 28.8 Å². The second kappa shape index (κ2) is 33.1. The number of Topliss-reactive ketones (excluding diaryl/α,β-unsaturated/α-hetero) is 5. The number of allylic oxidation sites excluding steroid dienone is 3. The Hall–Kier alpha value is -9.59. The first kappa shape index (κ1) is 83.1. The highest BCUT2D eigenvalue weighted by Crippen LogP contribution is 2.62. The Morgan fingerprint density at radius 1 is 0.294 bits per heavy atom. The minimum atomic E-state index is -0.517. The summed E-state index contributed by atoms with van der Waals surface area (Å²) in [5, 5.41) is 29.6. The second-order valence-corrected chi connectivity index (χ2v) is 39.1. The van der Waals surface area contributed by atoms with Gasteiger partial charge in [-0.05, 0) is 261 Å². The van der Waals surface area contributed by atoms with Crippen molar-refractivity contribution in [1.29, 1.82) is 0 Å². The monoisotopic (exact) mass is 1610 g/mol. The van der Waals surface area contributed by atoms with E-state index in [1.54, 1.807) is 48.5 Å². The Labute approximate surface area is 701 Å². The van der Waals surface area contributed by atoms with Crippen LogP contribution in [0.15, 0.2) is 171 Å². The molecule has 15 unspecified atom stereocenters. The third kappa shape index (κ3) is 15.2. The fourth-order valence-electron chi connectivity index (χ4n) is 25.5. The Balaban J connectivity index is 0.000000111. The minimum Gasteiger partial charge on any atom is -0.292 e. The molecule has 5 aliphatic heterocycles. The number of hydrazone groups is 5. The molecule has 626 valence electrons. The van der Waals surface area contributed by atoms with E-state index in [4.69, 9.17) is 0 Å². The van der Waals surface area contributed by atoms with Gasteiger partial charge in [-0.25, -0.2) is 25.0 Å². The molecule has 4 aromatic carbocycles. The van der Waals surface area contributed by atoms with E-state index in [0.29, 0.717) is 87.9 Å². The molecule has 0 spiro atoms. The average Bonchev–Trinajstić information content (AvgIpc) is 1.61. The van der Waals surface area contributed by atoms with Gasteiger partial charge >= 0.3 is 0 Å². The molecule has 0 N–H and O–H groups in total. The number of rotatable bonds is 20. The van der Waals surface area contributed by atoms with Crippen LogP contribution in [0, 0.1) is 116 Å². The van der Waals surface area contributed by atoms with E-state index in [9.17, 15) is 47.9 Å². The van der Waals surface area contributed by atoms with Gasteiger partial charge in [0.05, 0.1) is 55.6 Å². The van der Waals surface area contributed by atoms with Crippen molar-refractivity contribution >= 4 is 87.0 Å². The summed E-state index contributed by atoms with van der Waals surface area (Å²) >= 11 is 0. The van der Waals surface area contributed by atoms with E-state index >= 15 is 0 Å². The highest BCUT2D eigenvalue weighted by molar-refractivity contribution is 6.17. The van der Waals surface area contributed by atoms with Crippen LogP contribution < -0.4 is 0 Å². The summed E-state index contributed by atoms with van der Waals surface area (Å²) < 4.78 is 0. The molecule has 5 amide bonds. The van der Waals surface area contributed by atoms with Gasteiger partial charge in [0.1, 0.15) is 32.7 Å². The summed E-state index contributed by atoms with van der Waals surface area (Å²) in [5.41, 5.74) is 5.15. The molecule has 20 nitrogen and oxygen atoms in total. The molecule has 5 heterocycles. The molecule has 11 aliphatic carbocycles. The van der Waals surface area contributed by atoms with Crippen LogP contribution in [0.3, 0.4) is 0 Å². The molecule has 0 aromatic heterocycles. The largest absolute Gasteiger partial charge is 0.292 e. The molecule has 20 atom stereocenters. The van der Waals surface area contributed by atoms with Crippen LogP contribution in [0.1, 0.15) is 246 Å². The summed E-state index contributed by atoms with van der Waals surface area (Å²) in [6, 6.07) is 36.5. The smallest absolute Gasteiger partial charge is 0.255 e. The van der Waals surface area contributed by atoms with Crippen molar-refractivity contribution in [3.8, 4) is 0 Å². The maximum absolute atomic E-state index is 13.1. The molecule has 0 saturated heterocycles. The number of fused-ring (bicyclic) bond motifs is 10. The molecule has 0 radical (unpaired) electrons. The van der Waals surface area contributed by atoms with Crippen molar-refractivity contribution in [2.24, 2.45) is 141 Å². The molecule has 20 rings (SSSR count). The first-order chi connectivity index (χ1) is 57.0. The van der Waals surface area contributed by atoms with Crippen LogP contribution >= 0.6 is 0 Å². The molecule has 20 heteroatoms. The Morgan fingerprint density at radius 3 is 0.664 bits per heavy atom. The number of nitrogens with zero attached hydrogens (tertiary/aromatic N) is 10. The summed E-state index contributed by atoms with van der Waals surface area (Å²) in [6.45, 7) is 20.3. The van der Waals surface area contributed by atoms with Crippen LogP contribution in [0.4, 0.5) is 0 Å². The molecule has 4 aromatic rings. The van der Waals surface area contributed by atoms with Crippen LogP contribution in [0.25, 0.3) is 0 Å². The number of benzene rings is 4. The molecule has 10 saturated carbocycles. The zero-order valence-corrected chi connectivity index (χ0v) is 71.4. The zero-order chi connectivity index (χ0) is 83.8. The molecule has 16 aliphatic rings. The third-order valence-electron chi connectivity index (χ3n) is 32.9. The van der Waals surface area contributed by atoms with Crippen molar-refractivity contribution in [2.75, 3.05) is 32.7 Å². The maximum Gasteiger partial charge on any atom is 0.255 e. The normalized spacial score (nSPS) is 35.5. The predicted molar refractivity (Wildman–Crippen MR) is 459 cm³/mol. The van der Waals surface area contributed by atoms with Gasteiger partial charge in [0.15, 0.2) is 28.9 Å².